The first-order valence-corrected chi connectivity index (χ1v) is 9.30. The Morgan fingerprint density at radius 1 is 1.14 bits per heavy atom. The highest BCUT2D eigenvalue weighted by molar-refractivity contribution is 5.99. The molecule has 0 saturated carbocycles. The van der Waals surface area contributed by atoms with Gasteiger partial charge in [-0.15, -0.1) is 0 Å². The van der Waals surface area contributed by atoms with Gasteiger partial charge in [0.2, 0.25) is 5.91 Å². The highest BCUT2D eigenvalue weighted by atomic mass is 16.5. The molecule has 1 N–H and O–H groups in total. The average molecular weight is 405 g/mol. The summed E-state index contributed by atoms with van der Waals surface area (Å²) in [7, 11) is 3.02. The number of methoxy groups -OCH3 is 2. The molecule has 0 unspecified atom stereocenters. The first-order valence-electron chi connectivity index (χ1n) is 9.30. The van der Waals surface area contributed by atoms with Crippen molar-refractivity contribution >= 4 is 17.6 Å². The van der Waals surface area contributed by atoms with Crippen molar-refractivity contribution in [2.75, 3.05) is 45.8 Å². The summed E-state index contributed by atoms with van der Waals surface area (Å²) in [6.07, 6.45) is 0.594. The molecule has 0 saturated heterocycles. The molecule has 1 aromatic carbocycles. The minimum absolute atomic E-state index is 0.142. The van der Waals surface area contributed by atoms with Gasteiger partial charge in [0.15, 0.2) is 5.82 Å². The van der Waals surface area contributed by atoms with E-state index in [4.69, 9.17) is 18.7 Å². The highest BCUT2D eigenvalue weighted by Gasteiger charge is 2.21. The number of aryl methyl sites for hydroxylation is 1. The van der Waals surface area contributed by atoms with Crippen LogP contribution in [0.4, 0.5) is 5.82 Å². The Morgan fingerprint density at radius 3 is 2.38 bits per heavy atom. The van der Waals surface area contributed by atoms with Gasteiger partial charge in [-0.05, 0) is 32.4 Å². The zero-order valence-corrected chi connectivity index (χ0v) is 17.2. The van der Waals surface area contributed by atoms with E-state index < -0.39 is 0 Å². The average Bonchev–Trinajstić information content (AvgIpc) is 3.13. The van der Waals surface area contributed by atoms with Crippen LogP contribution < -0.4 is 14.8 Å². The van der Waals surface area contributed by atoms with E-state index in [1.54, 1.807) is 31.2 Å². The second-order valence-corrected chi connectivity index (χ2v) is 6.25. The molecule has 0 bridgehead atoms. The highest BCUT2D eigenvalue weighted by Crippen LogP contribution is 2.23. The summed E-state index contributed by atoms with van der Waals surface area (Å²) in [6.45, 7) is 4.92. The van der Waals surface area contributed by atoms with Crippen molar-refractivity contribution in [1.82, 2.24) is 10.1 Å². The Hall–Kier alpha value is -3.07. The summed E-state index contributed by atoms with van der Waals surface area (Å²) in [5, 5.41) is 6.36. The molecule has 0 spiro atoms. The van der Waals surface area contributed by atoms with Crippen LogP contribution >= 0.6 is 0 Å². The number of hydrogen-bond acceptors (Lipinski definition) is 7. The van der Waals surface area contributed by atoms with Gasteiger partial charge in [-0.3, -0.25) is 9.59 Å². The number of carbonyl (C=O) groups excluding carboxylic acids is 2. The molecule has 158 valence electrons. The van der Waals surface area contributed by atoms with Crippen molar-refractivity contribution in [3.63, 3.8) is 0 Å². The zero-order valence-electron chi connectivity index (χ0n) is 17.2. The largest absolute Gasteiger partial charge is 0.497 e. The van der Waals surface area contributed by atoms with Crippen LogP contribution in [0.1, 0.15) is 29.5 Å². The minimum atomic E-state index is -0.377. The van der Waals surface area contributed by atoms with E-state index in [-0.39, 0.29) is 18.4 Å². The number of carbonyl (C=O) groups is 2. The van der Waals surface area contributed by atoms with Gasteiger partial charge in [-0.2, -0.15) is 0 Å². The van der Waals surface area contributed by atoms with Crippen LogP contribution in [0.3, 0.4) is 0 Å². The van der Waals surface area contributed by atoms with Gasteiger partial charge in [-0.25, -0.2) is 0 Å². The molecular weight excluding hydrogens is 378 g/mol. The molecule has 0 aliphatic heterocycles. The lowest BCUT2D eigenvalue weighted by molar-refractivity contribution is -0.117. The normalized spacial score (nSPS) is 10.5. The van der Waals surface area contributed by atoms with Crippen LogP contribution in [0.2, 0.25) is 0 Å². The number of benzene rings is 1. The number of nitrogens with one attached hydrogen (secondary N) is 1. The molecule has 0 aliphatic rings. The van der Waals surface area contributed by atoms with Gasteiger partial charge < -0.3 is 29.0 Å². The summed E-state index contributed by atoms with van der Waals surface area (Å²) >= 11 is 0. The molecule has 1 heterocycles. The molecule has 2 aromatic rings. The summed E-state index contributed by atoms with van der Waals surface area (Å²) in [6, 6.07) is 6.50. The standard InChI is InChI=1S/C20H27N3O6/c1-5-28-8-6-7-23(13-19(24)21-18-9-14(2)29-22-18)20(25)15-10-16(26-3)12-17(11-15)27-4/h9-12H,5-8,13H2,1-4H3,(H,21,22,24). The molecule has 1 aromatic heterocycles. The van der Waals surface area contributed by atoms with E-state index in [0.717, 1.165) is 0 Å². The summed E-state index contributed by atoms with van der Waals surface area (Å²) in [4.78, 5) is 27.0. The number of rotatable bonds is 11. The quantitative estimate of drug-likeness (QED) is 0.573. The fourth-order valence-electron chi connectivity index (χ4n) is 2.65. The Kier molecular flexibility index (Phi) is 8.47. The van der Waals surface area contributed by atoms with Gasteiger partial charge in [-0.1, -0.05) is 5.16 Å². The predicted molar refractivity (Wildman–Crippen MR) is 106 cm³/mol. The molecule has 9 heteroatoms. The van der Waals surface area contributed by atoms with Gasteiger partial charge in [0.05, 0.1) is 14.2 Å². The summed E-state index contributed by atoms with van der Waals surface area (Å²) < 4.78 is 20.8. The molecule has 2 rings (SSSR count). The van der Waals surface area contributed by atoms with Crippen molar-refractivity contribution in [2.45, 2.75) is 20.3 Å². The van der Waals surface area contributed by atoms with E-state index >= 15 is 0 Å². The Bertz CT molecular complexity index is 798. The third-order valence-electron chi connectivity index (χ3n) is 4.04. The molecule has 0 radical (unpaired) electrons. The van der Waals surface area contributed by atoms with Crippen LogP contribution in [0.5, 0.6) is 11.5 Å². The van der Waals surface area contributed by atoms with Crippen LogP contribution in [-0.4, -0.2) is 62.4 Å². The second-order valence-electron chi connectivity index (χ2n) is 6.25. The van der Waals surface area contributed by atoms with Gasteiger partial charge in [0, 0.05) is 37.5 Å². The second kappa shape index (κ2) is 11.1. The summed E-state index contributed by atoms with van der Waals surface area (Å²) in [5.74, 6) is 1.17. The van der Waals surface area contributed by atoms with Crippen molar-refractivity contribution in [3.05, 3.63) is 35.6 Å². The third-order valence-corrected chi connectivity index (χ3v) is 4.04. The van der Waals surface area contributed by atoms with Crippen molar-refractivity contribution < 1.29 is 28.3 Å². The Morgan fingerprint density at radius 2 is 1.83 bits per heavy atom. The van der Waals surface area contributed by atoms with Crippen LogP contribution in [0.25, 0.3) is 0 Å². The summed E-state index contributed by atoms with van der Waals surface area (Å²) in [5.41, 5.74) is 0.364. The maximum atomic E-state index is 13.1. The van der Waals surface area contributed by atoms with Crippen molar-refractivity contribution in [1.29, 1.82) is 0 Å². The van der Waals surface area contributed by atoms with Crippen LogP contribution in [0, 0.1) is 6.92 Å². The number of ether oxygens (including phenoxy) is 3. The van der Waals surface area contributed by atoms with Crippen LogP contribution in [0.15, 0.2) is 28.8 Å². The van der Waals surface area contributed by atoms with Crippen molar-refractivity contribution in [2.24, 2.45) is 0 Å². The molecule has 0 atom stereocenters. The van der Waals surface area contributed by atoms with Gasteiger partial charge in [0.1, 0.15) is 23.8 Å². The molecule has 29 heavy (non-hydrogen) atoms. The van der Waals surface area contributed by atoms with Gasteiger partial charge >= 0.3 is 0 Å². The first kappa shape index (κ1) is 22.2. The van der Waals surface area contributed by atoms with Crippen LogP contribution in [-0.2, 0) is 9.53 Å². The maximum absolute atomic E-state index is 13.1. The fourth-order valence-corrected chi connectivity index (χ4v) is 2.65. The topological polar surface area (TPSA) is 103 Å². The number of nitrogens with zero attached hydrogens (tertiary/aromatic N) is 2. The van der Waals surface area contributed by atoms with Gasteiger partial charge in [0.25, 0.3) is 5.91 Å². The third kappa shape index (κ3) is 6.79. The number of amides is 2. The molecule has 0 aliphatic carbocycles. The number of anilines is 1. The van der Waals surface area contributed by atoms with E-state index in [1.807, 2.05) is 6.92 Å². The SMILES string of the molecule is CCOCCCN(CC(=O)Nc1cc(C)on1)C(=O)c1cc(OC)cc(OC)c1. The minimum Gasteiger partial charge on any atom is -0.497 e. The van der Waals surface area contributed by atoms with E-state index in [0.29, 0.717) is 54.8 Å². The molecule has 2 amide bonds. The lowest BCUT2D eigenvalue weighted by Crippen LogP contribution is -2.39. The molecule has 9 nitrogen and oxygen atoms in total. The first-order chi connectivity index (χ1) is 14.0. The Labute approximate surface area is 169 Å². The predicted octanol–water partition coefficient (Wildman–Crippen LogP) is 2.51. The fraction of sp³-hybridized carbons (Fsp3) is 0.450. The Balaban J connectivity index is 2.15. The van der Waals surface area contributed by atoms with Crippen molar-refractivity contribution in [3.8, 4) is 11.5 Å². The zero-order chi connectivity index (χ0) is 21.2. The van der Waals surface area contributed by atoms with E-state index in [1.165, 1.54) is 19.1 Å². The lowest BCUT2D eigenvalue weighted by atomic mass is 10.1. The lowest BCUT2D eigenvalue weighted by Gasteiger charge is -2.22. The number of hydrogen-bond donors (Lipinski definition) is 1. The molecule has 0 fully saturated rings. The molecular formula is C20H27N3O6. The maximum Gasteiger partial charge on any atom is 0.254 e. The smallest absolute Gasteiger partial charge is 0.254 e. The monoisotopic (exact) mass is 405 g/mol. The number of aromatic nitrogens is 1. The van der Waals surface area contributed by atoms with E-state index in [2.05, 4.69) is 10.5 Å². The van der Waals surface area contributed by atoms with E-state index in [9.17, 15) is 9.59 Å².